The molecule has 2 aliphatic rings. The van der Waals surface area contributed by atoms with Crippen molar-refractivity contribution in [1.29, 1.82) is 0 Å². The van der Waals surface area contributed by atoms with Crippen molar-refractivity contribution in [2.75, 3.05) is 39.3 Å². The Hall–Kier alpha value is -1.33. The molecule has 0 atom stereocenters. The van der Waals surface area contributed by atoms with Crippen LogP contribution in [0, 0.1) is 6.92 Å². The van der Waals surface area contributed by atoms with Crippen LogP contribution < -0.4 is 5.32 Å². The van der Waals surface area contributed by atoms with Crippen molar-refractivity contribution in [3.05, 3.63) is 23.7 Å². The van der Waals surface area contributed by atoms with Crippen LogP contribution in [0.5, 0.6) is 0 Å². The smallest absolute Gasteiger partial charge is 0.257 e. The van der Waals surface area contributed by atoms with Gasteiger partial charge < -0.3 is 14.6 Å². The Labute approximate surface area is 107 Å². The normalized spacial score (nSPS) is 21.9. The molecule has 3 rings (SSSR count). The predicted octanol–water partition coefficient (Wildman–Crippen LogP) is 0.318. The summed E-state index contributed by atoms with van der Waals surface area (Å²) in [5.74, 6) is 0.885. The molecule has 1 aromatic rings. The van der Waals surface area contributed by atoms with Crippen molar-refractivity contribution in [1.82, 2.24) is 15.1 Å². The maximum Gasteiger partial charge on any atom is 0.257 e. The van der Waals surface area contributed by atoms with Crippen LogP contribution in [0.1, 0.15) is 16.1 Å². The Morgan fingerprint density at radius 3 is 2.72 bits per heavy atom. The molecule has 0 spiro atoms. The third kappa shape index (κ3) is 2.15. The van der Waals surface area contributed by atoms with Crippen LogP contribution in [0.25, 0.3) is 0 Å². The number of aryl methyl sites for hydroxylation is 1. The highest BCUT2D eigenvalue weighted by Gasteiger charge is 2.35. The highest BCUT2D eigenvalue weighted by Crippen LogP contribution is 2.19. The van der Waals surface area contributed by atoms with E-state index >= 15 is 0 Å². The van der Waals surface area contributed by atoms with Gasteiger partial charge in [0.25, 0.3) is 5.91 Å². The van der Waals surface area contributed by atoms with Gasteiger partial charge in [-0.25, -0.2) is 0 Å². The average Bonchev–Trinajstić information content (AvgIpc) is 2.75. The number of furan rings is 1. The van der Waals surface area contributed by atoms with Gasteiger partial charge in [-0.05, 0) is 13.0 Å². The second kappa shape index (κ2) is 4.74. The minimum atomic E-state index is 0.0956. The number of rotatable bonds is 2. The molecule has 0 aliphatic carbocycles. The summed E-state index contributed by atoms with van der Waals surface area (Å²) in [7, 11) is 0. The number of nitrogens with one attached hydrogen (secondary N) is 1. The third-order valence-electron chi connectivity index (χ3n) is 3.79. The predicted molar refractivity (Wildman–Crippen MR) is 67.6 cm³/mol. The summed E-state index contributed by atoms with van der Waals surface area (Å²) in [5.41, 5.74) is 0.672. The zero-order valence-electron chi connectivity index (χ0n) is 10.7. The highest BCUT2D eigenvalue weighted by molar-refractivity contribution is 5.94. The van der Waals surface area contributed by atoms with Crippen molar-refractivity contribution in [3.8, 4) is 0 Å². The summed E-state index contributed by atoms with van der Waals surface area (Å²) in [4.78, 5) is 16.5. The Morgan fingerprint density at radius 1 is 1.39 bits per heavy atom. The van der Waals surface area contributed by atoms with E-state index in [1.807, 2.05) is 11.8 Å². The molecule has 1 aromatic heterocycles. The minimum Gasteiger partial charge on any atom is -0.469 e. The van der Waals surface area contributed by atoms with Gasteiger partial charge in [-0.15, -0.1) is 0 Å². The molecule has 0 unspecified atom stereocenters. The van der Waals surface area contributed by atoms with Gasteiger partial charge in [0.1, 0.15) is 12.0 Å². The molecule has 98 valence electrons. The fourth-order valence-corrected chi connectivity index (χ4v) is 2.64. The van der Waals surface area contributed by atoms with Crippen molar-refractivity contribution >= 4 is 5.91 Å². The zero-order valence-corrected chi connectivity index (χ0v) is 10.7. The zero-order chi connectivity index (χ0) is 12.5. The van der Waals surface area contributed by atoms with Crippen LogP contribution in [0.2, 0.25) is 0 Å². The lowest BCUT2D eigenvalue weighted by atomic mass is 10.0. The van der Waals surface area contributed by atoms with Crippen molar-refractivity contribution in [2.24, 2.45) is 0 Å². The first-order valence-corrected chi connectivity index (χ1v) is 6.53. The Kier molecular flexibility index (Phi) is 3.09. The van der Waals surface area contributed by atoms with E-state index in [0.29, 0.717) is 11.6 Å². The number of hydrogen-bond donors (Lipinski definition) is 1. The number of carbonyl (C=O) groups excluding carboxylic acids is 1. The van der Waals surface area contributed by atoms with E-state index in [1.165, 1.54) is 0 Å². The van der Waals surface area contributed by atoms with E-state index in [9.17, 15) is 4.79 Å². The lowest BCUT2D eigenvalue weighted by Gasteiger charge is -2.46. The SMILES string of the molecule is Cc1cc(C(=O)N2CC(N3CCNCC3)C2)co1. The molecule has 0 radical (unpaired) electrons. The van der Waals surface area contributed by atoms with Crippen molar-refractivity contribution < 1.29 is 9.21 Å². The van der Waals surface area contributed by atoms with E-state index in [4.69, 9.17) is 4.42 Å². The largest absolute Gasteiger partial charge is 0.469 e. The molecular formula is C13H19N3O2. The highest BCUT2D eigenvalue weighted by atomic mass is 16.3. The average molecular weight is 249 g/mol. The maximum absolute atomic E-state index is 12.1. The molecule has 5 nitrogen and oxygen atoms in total. The van der Waals surface area contributed by atoms with Crippen molar-refractivity contribution in [3.63, 3.8) is 0 Å². The Morgan fingerprint density at radius 2 is 2.11 bits per heavy atom. The number of amides is 1. The number of carbonyl (C=O) groups is 1. The van der Waals surface area contributed by atoms with Gasteiger partial charge in [-0.3, -0.25) is 9.69 Å². The molecule has 0 bridgehead atoms. The lowest BCUT2D eigenvalue weighted by Crippen LogP contribution is -2.63. The summed E-state index contributed by atoms with van der Waals surface area (Å²) >= 11 is 0. The molecule has 18 heavy (non-hydrogen) atoms. The topological polar surface area (TPSA) is 48.7 Å². The van der Waals surface area contributed by atoms with E-state index in [-0.39, 0.29) is 5.91 Å². The summed E-state index contributed by atoms with van der Waals surface area (Å²) in [5, 5.41) is 3.35. The second-order valence-electron chi connectivity index (χ2n) is 5.10. The van der Waals surface area contributed by atoms with Crippen LogP contribution in [-0.2, 0) is 0 Å². The van der Waals surface area contributed by atoms with Crippen molar-refractivity contribution in [2.45, 2.75) is 13.0 Å². The standard InChI is InChI=1S/C13H19N3O2/c1-10-6-11(9-18-10)13(17)16-7-12(8-16)15-4-2-14-3-5-15/h6,9,12,14H,2-5,7-8H2,1H3. The molecular weight excluding hydrogens is 230 g/mol. The fourth-order valence-electron chi connectivity index (χ4n) is 2.64. The lowest BCUT2D eigenvalue weighted by molar-refractivity contribution is 0.0226. The van der Waals surface area contributed by atoms with Gasteiger partial charge in [0.2, 0.25) is 0 Å². The molecule has 5 heteroatoms. The number of likely N-dealkylation sites (tertiary alicyclic amines) is 1. The fraction of sp³-hybridized carbons (Fsp3) is 0.615. The number of piperazine rings is 1. The summed E-state index contributed by atoms with van der Waals surface area (Å²) < 4.78 is 5.18. The molecule has 1 N–H and O–H groups in total. The molecule has 0 aromatic carbocycles. The molecule has 3 heterocycles. The van der Waals surface area contributed by atoms with Gasteiger partial charge in [-0.1, -0.05) is 0 Å². The number of nitrogens with zero attached hydrogens (tertiary/aromatic N) is 2. The summed E-state index contributed by atoms with van der Waals surface area (Å²) in [6, 6.07) is 2.35. The molecule has 2 saturated heterocycles. The number of hydrogen-bond acceptors (Lipinski definition) is 4. The van der Waals surface area contributed by atoms with E-state index < -0.39 is 0 Å². The van der Waals surface area contributed by atoms with Gasteiger partial charge in [0, 0.05) is 45.3 Å². The van der Waals surface area contributed by atoms with E-state index in [1.54, 1.807) is 12.3 Å². The molecule has 1 amide bonds. The second-order valence-corrected chi connectivity index (χ2v) is 5.10. The summed E-state index contributed by atoms with van der Waals surface area (Å²) in [6.45, 7) is 7.87. The van der Waals surface area contributed by atoms with Gasteiger partial charge in [0.15, 0.2) is 0 Å². The first-order valence-electron chi connectivity index (χ1n) is 6.53. The van der Waals surface area contributed by atoms with Crippen LogP contribution in [0.4, 0.5) is 0 Å². The maximum atomic E-state index is 12.1. The first-order chi connectivity index (χ1) is 8.74. The van der Waals surface area contributed by atoms with Crippen LogP contribution in [-0.4, -0.2) is 61.0 Å². The van der Waals surface area contributed by atoms with Crippen LogP contribution in [0.15, 0.2) is 16.7 Å². The van der Waals surface area contributed by atoms with Crippen LogP contribution >= 0.6 is 0 Å². The summed E-state index contributed by atoms with van der Waals surface area (Å²) in [6.07, 6.45) is 1.55. The molecule has 2 fully saturated rings. The van der Waals surface area contributed by atoms with E-state index in [0.717, 1.165) is 45.0 Å². The Bertz CT molecular complexity index is 431. The van der Waals surface area contributed by atoms with Gasteiger partial charge in [-0.2, -0.15) is 0 Å². The van der Waals surface area contributed by atoms with Gasteiger partial charge in [0.05, 0.1) is 5.56 Å². The minimum absolute atomic E-state index is 0.0956. The third-order valence-corrected chi connectivity index (χ3v) is 3.79. The first kappa shape index (κ1) is 11.7. The monoisotopic (exact) mass is 249 g/mol. The molecule has 2 aliphatic heterocycles. The Balaban J connectivity index is 1.53. The molecule has 0 saturated carbocycles. The quantitative estimate of drug-likeness (QED) is 0.820. The van der Waals surface area contributed by atoms with Gasteiger partial charge >= 0.3 is 0 Å². The van der Waals surface area contributed by atoms with Crippen LogP contribution in [0.3, 0.4) is 0 Å². The van der Waals surface area contributed by atoms with E-state index in [2.05, 4.69) is 10.2 Å².